The summed E-state index contributed by atoms with van der Waals surface area (Å²) in [4.78, 5) is 9.15. The van der Waals surface area contributed by atoms with Gasteiger partial charge in [0, 0.05) is 24.2 Å². The van der Waals surface area contributed by atoms with E-state index in [1.807, 2.05) is 31.4 Å². The van der Waals surface area contributed by atoms with Crippen molar-refractivity contribution in [3.8, 4) is 16.9 Å². The number of ether oxygens (including phenoxy) is 1. The van der Waals surface area contributed by atoms with Crippen LogP contribution in [0.5, 0.6) is 5.75 Å². The molecule has 0 aliphatic heterocycles. The normalized spacial score (nSPS) is 19.8. The largest absolute Gasteiger partial charge is 0.494 e. The summed E-state index contributed by atoms with van der Waals surface area (Å²) in [5.41, 5.74) is 4.27. The van der Waals surface area contributed by atoms with Crippen LogP contribution >= 0.6 is 0 Å². The van der Waals surface area contributed by atoms with Crippen molar-refractivity contribution in [1.82, 2.24) is 9.97 Å². The van der Waals surface area contributed by atoms with Crippen molar-refractivity contribution in [2.24, 2.45) is 0 Å². The second kappa shape index (κ2) is 7.53. The van der Waals surface area contributed by atoms with Crippen molar-refractivity contribution in [1.29, 1.82) is 0 Å². The predicted molar refractivity (Wildman–Crippen MR) is 108 cm³/mol. The number of rotatable bonds is 4. The van der Waals surface area contributed by atoms with Gasteiger partial charge >= 0.3 is 0 Å². The highest BCUT2D eigenvalue weighted by molar-refractivity contribution is 5.99. The third kappa shape index (κ3) is 3.35. The molecule has 1 aromatic heterocycles. The second-order valence-electron chi connectivity index (χ2n) is 7.12. The summed E-state index contributed by atoms with van der Waals surface area (Å²) >= 11 is 0. The van der Waals surface area contributed by atoms with E-state index in [9.17, 15) is 5.11 Å². The van der Waals surface area contributed by atoms with Crippen LogP contribution in [-0.2, 0) is 0 Å². The topological polar surface area (TPSA) is 67.3 Å². The van der Waals surface area contributed by atoms with Crippen LogP contribution in [0.1, 0.15) is 37.2 Å². The minimum atomic E-state index is -0.181. The van der Waals surface area contributed by atoms with Crippen LogP contribution in [0.15, 0.2) is 42.6 Å². The van der Waals surface area contributed by atoms with E-state index in [0.29, 0.717) is 11.9 Å². The lowest BCUT2D eigenvalue weighted by atomic mass is 9.81. The molecule has 2 aromatic carbocycles. The highest BCUT2D eigenvalue weighted by atomic mass is 16.5. The van der Waals surface area contributed by atoms with E-state index >= 15 is 0 Å². The first-order valence-electron chi connectivity index (χ1n) is 9.50. The first-order chi connectivity index (χ1) is 13.2. The Morgan fingerprint density at radius 3 is 2.52 bits per heavy atom. The van der Waals surface area contributed by atoms with Gasteiger partial charge in [0.2, 0.25) is 5.95 Å². The van der Waals surface area contributed by atoms with E-state index in [1.54, 1.807) is 7.11 Å². The van der Waals surface area contributed by atoms with Crippen molar-refractivity contribution in [2.45, 2.75) is 37.7 Å². The molecule has 27 heavy (non-hydrogen) atoms. The number of methoxy groups -OCH3 is 1. The maximum Gasteiger partial charge on any atom is 0.223 e. The number of fused-ring (bicyclic) bond motifs is 1. The fraction of sp³-hybridized carbons (Fsp3) is 0.364. The molecular weight excluding hydrogens is 338 g/mol. The number of aliphatic hydroxyl groups is 1. The minimum Gasteiger partial charge on any atom is -0.494 e. The molecule has 1 heterocycles. The van der Waals surface area contributed by atoms with Crippen molar-refractivity contribution in [2.75, 3.05) is 19.5 Å². The zero-order chi connectivity index (χ0) is 18.8. The molecule has 1 fully saturated rings. The average Bonchev–Trinajstić information content (AvgIpc) is 2.73. The highest BCUT2D eigenvalue weighted by Crippen LogP contribution is 2.44. The lowest BCUT2D eigenvalue weighted by molar-refractivity contribution is 0.122. The van der Waals surface area contributed by atoms with Gasteiger partial charge < -0.3 is 15.2 Å². The van der Waals surface area contributed by atoms with Crippen LogP contribution in [0, 0.1) is 0 Å². The van der Waals surface area contributed by atoms with Gasteiger partial charge in [0.25, 0.3) is 0 Å². The van der Waals surface area contributed by atoms with Gasteiger partial charge in [-0.2, -0.15) is 0 Å². The third-order valence-electron chi connectivity index (χ3n) is 5.51. The molecule has 0 unspecified atom stereocenters. The molecule has 0 saturated heterocycles. The van der Waals surface area contributed by atoms with E-state index in [-0.39, 0.29) is 6.10 Å². The number of aliphatic hydroxyl groups excluding tert-OH is 1. The number of hydrogen-bond acceptors (Lipinski definition) is 5. The number of aromatic nitrogens is 2. The van der Waals surface area contributed by atoms with Crippen LogP contribution in [0.25, 0.3) is 22.0 Å². The Morgan fingerprint density at radius 1 is 1.11 bits per heavy atom. The zero-order valence-electron chi connectivity index (χ0n) is 15.8. The van der Waals surface area contributed by atoms with Gasteiger partial charge in [-0.25, -0.2) is 9.97 Å². The molecule has 3 aromatic rings. The summed E-state index contributed by atoms with van der Waals surface area (Å²) in [6.07, 6.45) is 5.27. The van der Waals surface area contributed by atoms with Gasteiger partial charge in [-0.1, -0.05) is 30.3 Å². The summed E-state index contributed by atoms with van der Waals surface area (Å²) < 4.78 is 5.85. The standard InChI is InChI=1S/C22H25N3O2/c1-23-22-24-13-19-17(14-6-4-3-5-7-14)12-18(21(27-2)20(19)25-22)15-8-10-16(26)11-9-15/h3-7,12-13,15-16,26H,8-11H2,1-2H3,(H,23,24,25)/t15-,16-. The quantitative estimate of drug-likeness (QED) is 0.721. The minimum absolute atomic E-state index is 0.181. The molecule has 0 spiro atoms. The maximum atomic E-state index is 9.91. The molecular formula is C22H25N3O2. The summed E-state index contributed by atoms with van der Waals surface area (Å²) in [7, 11) is 3.53. The molecule has 0 atom stereocenters. The molecule has 5 nitrogen and oxygen atoms in total. The Kier molecular flexibility index (Phi) is 4.94. The molecule has 1 saturated carbocycles. The number of nitrogens with zero attached hydrogens (tertiary/aromatic N) is 2. The number of nitrogens with one attached hydrogen (secondary N) is 1. The SMILES string of the molecule is CNc1ncc2c(-c3ccccc3)cc([C@H]3CC[C@H](O)CC3)c(OC)c2n1. The molecule has 0 bridgehead atoms. The summed E-state index contributed by atoms with van der Waals surface area (Å²) in [6, 6.07) is 12.6. The van der Waals surface area contributed by atoms with Crippen LogP contribution in [-0.4, -0.2) is 35.3 Å². The first kappa shape index (κ1) is 17.7. The van der Waals surface area contributed by atoms with Crippen molar-refractivity contribution in [3.63, 3.8) is 0 Å². The zero-order valence-corrected chi connectivity index (χ0v) is 15.8. The van der Waals surface area contributed by atoms with Crippen molar-refractivity contribution >= 4 is 16.9 Å². The molecule has 2 N–H and O–H groups in total. The van der Waals surface area contributed by atoms with Crippen molar-refractivity contribution in [3.05, 3.63) is 48.2 Å². The Hall–Kier alpha value is -2.66. The predicted octanol–water partition coefficient (Wildman–Crippen LogP) is 4.37. The smallest absolute Gasteiger partial charge is 0.223 e. The Balaban J connectivity index is 1.96. The van der Waals surface area contributed by atoms with E-state index < -0.39 is 0 Å². The van der Waals surface area contributed by atoms with Gasteiger partial charge in [-0.15, -0.1) is 0 Å². The van der Waals surface area contributed by atoms with E-state index in [0.717, 1.165) is 53.5 Å². The first-order valence-corrected chi connectivity index (χ1v) is 9.50. The summed E-state index contributed by atoms with van der Waals surface area (Å²) in [6.45, 7) is 0. The van der Waals surface area contributed by atoms with E-state index in [1.165, 1.54) is 5.56 Å². The maximum absolute atomic E-state index is 9.91. The monoisotopic (exact) mass is 363 g/mol. The second-order valence-corrected chi connectivity index (χ2v) is 7.12. The third-order valence-corrected chi connectivity index (χ3v) is 5.51. The number of hydrogen-bond donors (Lipinski definition) is 2. The summed E-state index contributed by atoms with van der Waals surface area (Å²) in [5, 5.41) is 13.9. The van der Waals surface area contributed by atoms with E-state index in [2.05, 4.69) is 28.5 Å². The Morgan fingerprint density at radius 2 is 1.85 bits per heavy atom. The number of benzene rings is 2. The van der Waals surface area contributed by atoms with Gasteiger partial charge in [0.15, 0.2) is 0 Å². The Bertz CT molecular complexity index is 935. The van der Waals surface area contributed by atoms with Crippen LogP contribution in [0.2, 0.25) is 0 Å². The molecule has 5 heteroatoms. The Labute approximate surface area is 159 Å². The molecule has 1 aliphatic carbocycles. The lowest BCUT2D eigenvalue weighted by Crippen LogP contribution is -2.17. The van der Waals surface area contributed by atoms with Crippen LogP contribution < -0.4 is 10.1 Å². The molecule has 0 amide bonds. The lowest BCUT2D eigenvalue weighted by Gasteiger charge is -2.28. The van der Waals surface area contributed by atoms with Gasteiger partial charge in [0.1, 0.15) is 11.3 Å². The average molecular weight is 363 g/mol. The molecule has 0 radical (unpaired) electrons. The van der Waals surface area contributed by atoms with Crippen molar-refractivity contribution < 1.29 is 9.84 Å². The van der Waals surface area contributed by atoms with Gasteiger partial charge in [-0.3, -0.25) is 0 Å². The summed E-state index contributed by atoms with van der Waals surface area (Å²) in [5.74, 6) is 1.77. The van der Waals surface area contributed by atoms with Gasteiger partial charge in [-0.05, 0) is 48.8 Å². The van der Waals surface area contributed by atoms with Gasteiger partial charge in [0.05, 0.1) is 13.2 Å². The van der Waals surface area contributed by atoms with Crippen LogP contribution in [0.3, 0.4) is 0 Å². The van der Waals surface area contributed by atoms with Crippen LogP contribution in [0.4, 0.5) is 5.95 Å². The fourth-order valence-electron chi connectivity index (χ4n) is 4.07. The number of anilines is 1. The highest BCUT2D eigenvalue weighted by Gasteiger charge is 2.26. The molecule has 140 valence electrons. The van der Waals surface area contributed by atoms with E-state index in [4.69, 9.17) is 9.72 Å². The molecule has 1 aliphatic rings. The molecule has 4 rings (SSSR count). The fourth-order valence-corrected chi connectivity index (χ4v) is 4.07.